The first-order valence-corrected chi connectivity index (χ1v) is 6.61. The van der Waals surface area contributed by atoms with Gasteiger partial charge < -0.3 is 9.05 Å². The second kappa shape index (κ2) is 6.94. The van der Waals surface area contributed by atoms with E-state index in [-0.39, 0.29) is 11.7 Å². The first-order chi connectivity index (χ1) is 8.08. The largest absolute Gasteiger partial charge is 0.334 e. The van der Waals surface area contributed by atoms with Crippen molar-refractivity contribution in [1.29, 1.82) is 0 Å². The van der Waals surface area contributed by atoms with Crippen molar-refractivity contribution in [1.82, 2.24) is 0 Å². The quantitative estimate of drug-likeness (QED) is 0.572. The van der Waals surface area contributed by atoms with Gasteiger partial charge in [0.15, 0.2) is 20.0 Å². The van der Waals surface area contributed by atoms with Gasteiger partial charge in [0.2, 0.25) is 0 Å². The SMILES string of the molecule is CCOP(Cc1cc(F)c(F)cc1F)OCC. The van der Waals surface area contributed by atoms with Gasteiger partial charge in [-0.2, -0.15) is 0 Å². The van der Waals surface area contributed by atoms with Crippen LogP contribution < -0.4 is 0 Å². The molecule has 17 heavy (non-hydrogen) atoms. The minimum absolute atomic E-state index is 0.0666. The maximum Gasteiger partial charge on any atom is 0.175 e. The van der Waals surface area contributed by atoms with E-state index in [4.69, 9.17) is 9.05 Å². The minimum Gasteiger partial charge on any atom is -0.334 e. The summed E-state index contributed by atoms with van der Waals surface area (Å²) in [5.41, 5.74) is 0.0666. The van der Waals surface area contributed by atoms with E-state index in [2.05, 4.69) is 0 Å². The predicted octanol–water partition coefficient (Wildman–Crippen LogP) is 3.99. The molecule has 96 valence electrons. The van der Waals surface area contributed by atoms with Crippen LogP contribution in [0.4, 0.5) is 13.2 Å². The van der Waals surface area contributed by atoms with Crippen LogP contribution in [0.5, 0.6) is 0 Å². The highest BCUT2D eigenvalue weighted by Gasteiger charge is 2.16. The van der Waals surface area contributed by atoms with Crippen LogP contribution >= 0.6 is 8.38 Å². The smallest absolute Gasteiger partial charge is 0.175 e. The molecule has 0 atom stereocenters. The molecule has 6 heteroatoms. The van der Waals surface area contributed by atoms with E-state index in [1.807, 2.05) is 0 Å². The molecule has 0 fully saturated rings. The molecular weight excluding hydrogens is 252 g/mol. The molecular formula is C11H14F3O2P. The molecule has 0 radical (unpaired) electrons. The van der Waals surface area contributed by atoms with Crippen molar-refractivity contribution in [3.05, 3.63) is 35.1 Å². The molecule has 0 N–H and O–H groups in total. The Labute approximate surface area is 99.7 Å². The van der Waals surface area contributed by atoms with Crippen molar-refractivity contribution < 1.29 is 22.2 Å². The Morgan fingerprint density at radius 2 is 1.47 bits per heavy atom. The molecule has 0 unspecified atom stereocenters. The fourth-order valence-electron chi connectivity index (χ4n) is 1.24. The second-order valence-corrected chi connectivity index (χ2v) is 4.68. The van der Waals surface area contributed by atoms with Crippen molar-refractivity contribution in [2.75, 3.05) is 13.2 Å². The lowest BCUT2D eigenvalue weighted by molar-refractivity contribution is 0.268. The van der Waals surface area contributed by atoms with Crippen LogP contribution in [0.25, 0.3) is 0 Å². The lowest BCUT2D eigenvalue weighted by Gasteiger charge is -2.16. The Bertz CT molecular complexity index is 368. The normalized spacial score (nSPS) is 11.2. The summed E-state index contributed by atoms with van der Waals surface area (Å²) in [6.07, 6.45) is 0.111. The Balaban J connectivity index is 2.81. The van der Waals surface area contributed by atoms with Crippen LogP contribution in [-0.2, 0) is 15.2 Å². The molecule has 0 saturated heterocycles. The van der Waals surface area contributed by atoms with E-state index in [0.717, 1.165) is 6.07 Å². The minimum atomic E-state index is -1.30. The summed E-state index contributed by atoms with van der Waals surface area (Å²) in [4.78, 5) is 0. The number of rotatable bonds is 6. The number of hydrogen-bond acceptors (Lipinski definition) is 2. The van der Waals surface area contributed by atoms with Crippen molar-refractivity contribution in [2.45, 2.75) is 20.0 Å². The molecule has 0 heterocycles. The molecule has 0 saturated carbocycles. The van der Waals surface area contributed by atoms with Gasteiger partial charge in [-0.25, -0.2) is 13.2 Å². The van der Waals surface area contributed by atoms with Gasteiger partial charge in [0, 0.05) is 12.2 Å². The molecule has 1 aromatic carbocycles. The van der Waals surface area contributed by atoms with E-state index in [0.29, 0.717) is 19.3 Å². The summed E-state index contributed by atoms with van der Waals surface area (Å²) < 4.78 is 49.6. The molecule has 0 aromatic heterocycles. The summed E-state index contributed by atoms with van der Waals surface area (Å²) in [5.74, 6) is -3.04. The average Bonchev–Trinajstić information content (AvgIpc) is 2.26. The molecule has 2 nitrogen and oxygen atoms in total. The van der Waals surface area contributed by atoms with Gasteiger partial charge in [0.1, 0.15) is 5.82 Å². The van der Waals surface area contributed by atoms with E-state index < -0.39 is 25.8 Å². The van der Waals surface area contributed by atoms with Crippen molar-refractivity contribution in [2.24, 2.45) is 0 Å². The fraction of sp³-hybridized carbons (Fsp3) is 0.455. The highest BCUT2D eigenvalue weighted by molar-refractivity contribution is 7.46. The predicted molar refractivity (Wildman–Crippen MR) is 60.2 cm³/mol. The summed E-state index contributed by atoms with van der Waals surface area (Å²) in [6.45, 7) is 4.43. The first-order valence-electron chi connectivity index (χ1n) is 5.25. The van der Waals surface area contributed by atoms with Crippen LogP contribution in [-0.4, -0.2) is 13.2 Å². The zero-order chi connectivity index (χ0) is 12.8. The Kier molecular flexibility index (Phi) is 5.89. The second-order valence-electron chi connectivity index (χ2n) is 3.18. The lowest BCUT2D eigenvalue weighted by Crippen LogP contribution is -1.99. The van der Waals surface area contributed by atoms with Crippen LogP contribution in [0.2, 0.25) is 0 Å². The molecule has 0 aliphatic heterocycles. The summed E-state index contributed by atoms with van der Waals surface area (Å²) in [6, 6.07) is 1.38. The van der Waals surface area contributed by atoms with Gasteiger partial charge in [-0.1, -0.05) is 0 Å². The van der Waals surface area contributed by atoms with Crippen LogP contribution in [0.1, 0.15) is 19.4 Å². The van der Waals surface area contributed by atoms with E-state index >= 15 is 0 Å². The fourth-order valence-corrected chi connectivity index (χ4v) is 2.59. The van der Waals surface area contributed by atoms with Crippen LogP contribution in [0.15, 0.2) is 12.1 Å². The average molecular weight is 266 g/mol. The summed E-state index contributed by atoms with van der Waals surface area (Å²) >= 11 is 0. The molecule has 0 spiro atoms. The van der Waals surface area contributed by atoms with Crippen LogP contribution in [0, 0.1) is 17.5 Å². The first kappa shape index (κ1) is 14.4. The zero-order valence-corrected chi connectivity index (χ0v) is 10.6. The third kappa shape index (κ3) is 4.26. The van der Waals surface area contributed by atoms with Gasteiger partial charge in [-0.05, 0) is 25.5 Å². The zero-order valence-electron chi connectivity index (χ0n) is 9.67. The van der Waals surface area contributed by atoms with Crippen LogP contribution in [0.3, 0.4) is 0 Å². The summed E-state index contributed by atoms with van der Waals surface area (Å²) in [7, 11) is -1.30. The van der Waals surface area contributed by atoms with Gasteiger partial charge in [-0.15, -0.1) is 0 Å². The number of benzene rings is 1. The van der Waals surface area contributed by atoms with E-state index in [1.165, 1.54) is 0 Å². The third-order valence-electron chi connectivity index (χ3n) is 1.93. The third-order valence-corrected chi connectivity index (χ3v) is 3.63. The van der Waals surface area contributed by atoms with Gasteiger partial charge in [0.25, 0.3) is 0 Å². The maximum absolute atomic E-state index is 13.4. The van der Waals surface area contributed by atoms with Crippen molar-refractivity contribution in [3.8, 4) is 0 Å². The Hall–Kier alpha value is -0.640. The van der Waals surface area contributed by atoms with Gasteiger partial charge in [0.05, 0.1) is 13.2 Å². The molecule has 1 rings (SSSR count). The van der Waals surface area contributed by atoms with Crippen molar-refractivity contribution in [3.63, 3.8) is 0 Å². The van der Waals surface area contributed by atoms with E-state index in [1.54, 1.807) is 13.8 Å². The van der Waals surface area contributed by atoms with Gasteiger partial charge in [-0.3, -0.25) is 0 Å². The highest BCUT2D eigenvalue weighted by atomic mass is 31.2. The molecule has 0 bridgehead atoms. The number of halogens is 3. The maximum atomic E-state index is 13.4. The topological polar surface area (TPSA) is 18.5 Å². The lowest BCUT2D eigenvalue weighted by atomic mass is 10.2. The molecule has 1 aromatic rings. The highest BCUT2D eigenvalue weighted by Crippen LogP contribution is 2.42. The monoisotopic (exact) mass is 266 g/mol. The molecule has 0 amide bonds. The van der Waals surface area contributed by atoms with E-state index in [9.17, 15) is 13.2 Å². The molecule has 0 aliphatic carbocycles. The van der Waals surface area contributed by atoms with Gasteiger partial charge >= 0.3 is 0 Å². The Morgan fingerprint density at radius 1 is 0.941 bits per heavy atom. The van der Waals surface area contributed by atoms with Crippen molar-refractivity contribution >= 4 is 8.38 Å². The summed E-state index contributed by atoms with van der Waals surface area (Å²) in [5, 5.41) is 0. The Morgan fingerprint density at radius 3 is 2.00 bits per heavy atom. The number of hydrogen-bond donors (Lipinski definition) is 0. The molecule has 0 aliphatic rings. The standard InChI is InChI=1S/C11H14F3O2P/c1-3-15-17(16-4-2)7-8-5-10(13)11(14)6-9(8)12/h5-6H,3-4,7H2,1-2H3.